The third-order valence-corrected chi connectivity index (χ3v) is 7.72. The molecule has 6 rings (SSSR count). The number of pyridine rings is 2. The Morgan fingerprint density at radius 3 is 1.29 bits per heavy atom. The Bertz CT molecular complexity index is 1550. The lowest BCUT2D eigenvalue weighted by molar-refractivity contribution is 0.633. The molecule has 204 valence electrons. The summed E-state index contributed by atoms with van der Waals surface area (Å²) >= 11 is 0. The Morgan fingerprint density at radius 2 is 0.829 bits per heavy atom. The molecule has 0 fully saturated rings. The first-order valence-corrected chi connectivity index (χ1v) is 14.6. The SMILES string of the molecule is c1ccc(CN(CCCCCN(Cc2ccccc2)c2ccnc3ccccc23)c2ccnc3ccccc23)cc1. The largest absolute Gasteiger partial charge is 0.367 e. The van der Waals surface area contributed by atoms with E-state index in [1.165, 1.54) is 33.3 Å². The van der Waals surface area contributed by atoms with Gasteiger partial charge in [0.05, 0.1) is 11.0 Å². The maximum Gasteiger partial charge on any atom is 0.0722 e. The first-order valence-electron chi connectivity index (χ1n) is 14.6. The van der Waals surface area contributed by atoms with Gasteiger partial charge in [0.15, 0.2) is 0 Å². The van der Waals surface area contributed by atoms with Gasteiger partial charge in [0.1, 0.15) is 0 Å². The zero-order chi connectivity index (χ0) is 27.7. The summed E-state index contributed by atoms with van der Waals surface area (Å²) in [6, 6.07) is 42.8. The smallest absolute Gasteiger partial charge is 0.0722 e. The molecule has 0 amide bonds. The van der Waals surface area contributed by atoms with E-state index in [1.807, 2.05) is 12.4 Å². The monoisotopic (exact) mass is 536 g/mol. The van der Waals surface area contributed by atoms with Crippen molar-refractivity contribution >= 4 is 33.2 Å². The molecule has 0 saturated heterocycles. The normalized spacial score (nSPS) is 11.1. The maximum atomic E-state index is 4.61. The Hall–Kier alpha value is -4.70. The molecule has 0 saturated carbocycles. The summed E-state index contributed by atoms with van der Waals surface area (Å²) in [7, 11) is 0. The number of hydrogen-bond donors (Lipinski definition) is 0. The minimum Gasteiger partial charge on any atom is -0.367 e. The quantitative estimate of drug-likeness (QED) is 0.147. The number of fused-ring (bicyclic) bond motifs is 2. The number of aromatic nitrogens is 2. The number of rotatable bonds is 12. The highest BCUT2D eigenvalue weighted by Crippen LogP contribution is 2.29. The molecule has 0 radical (unpaired) electrons. The molecule has 4 aromatic carbocycles. The fourth-order valence-electron chi connectivity index (χ4n) is 5.67. The molecule has 0 aliphatic carbocycles. The molecule has 0 bridgehead atoms. The van der Waals surface area contributed by atoms with Gasteiger partial charge in [0.2, 0.25) is 0 Å². The fraction of sp³-hybridized carbons (Fsp3) is 0.189. The molecule has 0 spiro atoms. The molecule has 0 atom stereocenters. The zero-order valence-electron chi connectivity index (χ0n) is 23.4. The van der Waals surface area contributed by atoms with E-state index in [2.05, 4.69) is 141 Å². The standard InChI is InChI=1S/C37H36N4/c1-4-14-30(15-5-1)28-40(36-22-24-38-34-20-10-8-18-32(34)36)26-12-3-13-27-41(29-31-16-6-2-7-17-31)37-23-25-39-35-21-11-9-19-33(35)37/h1-2,4-11,14-25H,3,12-13,26-29H2. The van der Waals surface area contributed by atoms with Crippen LogP contribution in [0.3, 0.4) is 0 Å². The van der Waals surface area contributed by atoms with Crippen molar-refractivity contribution < 1.29 is 0 Å². The van der Waals surface area contributed by atoms with Gasteiger partial charge in [-0.1, -0.05) is 97.1 Å². The minimum atomic E-state index is 0.887. The molecule has 0 N–H and O–H groups in total. The van der Waals surface area contributed by atoms with Gasteiger partial charge >= 0.3 is 0 Å². The minimum absolute atomic E-state index is 0.887. The lowest BCUT2D eigenvalue weighted by atomic mass is 10.1. The first-order chi connectivity index (χ1) is 20.3. The predicted molar refractivity (Wildman–Crippen MR) is 172 cm³/mol. The van der Waals surface area contributed by atoms with E-state index in [0.29, 0.717) is 0 Å². The van der Waals surface area contributed by atoms with Gasteiger partial charge in [0, 0.05) is 60.7 Å². The summed E-state index contributed by atoms with van der Waals surface area (Å²) in [5, 5.41) is 2.43. The average molecular weight is 537 g/mol. The number of benzene rings is 4. The van der Waals surface area contributed by atoms with Crippen LogP contribution in [0.4, 0.5) is 11.4 Å². The van der Waals surface area contributed by atoms with Crippen molar-refractivity contribution in [1.82, 2.24) is 9.97 Å². The highest BCUT2D eigenvalue weighted by Gasteiger charge is 2.14. The van der Waals surface area contributed by atoms with Crippen LogP contribution in [-0.2, 0) is 13.1 Å². The summed E-state index contributed by atoms with van der Waals surface area (Å²) in [6.07, 6.45) is 7.29. The van der Waals surface area contributed by atoms with Gasteiger partial charge < -0.3 is 9.80 Å². The lowest BCUT2D eigenvalue weighted by Gasteiger charge is -2.28. The van der Waals surface area contributed by atoms with Crippen LogP contribution in [0.25, 0.3) is 21.8 Å². The summed E-state index contributed by atoms with van der Waals surface area (Å²) in [5.41, 5.74) is 7.26. The van der Waals surface area contributed by atoms with E-state index in [9.17, 15) is 0 Å². The van der Waals surface area contributed by atoms with Crippen molar-refractivity contribution in [3.63, 3.8) is 0 Å². The van der Waals surface area contributed by atoms with Crippen LogP contribution in [0.15, 0.2) is 134 Å². The number of hydrogen-bond acceptors (Lipinski definition) is 4. The molecule has 0 aliphatic rings. The van der Waals surface area contributed by atoms with E-state index < -0.39 is 0 Å². The van der Waals surface area contributed by atoms with Gasteiger partial charge in [0.25, 0.3) is 0 Å². The number of nitrogens with zero attached hydrogens (tertiary/aromatic N) is 4. The Kier molecular flexibility index (Phi) is 8.47. The summed E-state index contributed by atoms with van der Waals surface area (Å²) in [4.78, 5) is 14.3. The van der Waals surface area contributed by atoms with E-state index in [-0.39, 0.29) is 0 Å². The molecule has 0 aliphatic heterocycles. The lowest BCUT2D eigenvalue weighted by Crippen LogP contribution is -2.26. The van der Waals surface area contributed by atoms with Crippen molar-refractivity contribution in [2.45, 2.75) is 32.4 Å². The van der Waals surface area contributed by atoms with E-state index in [4.69, 9.17) is 0 Å². The second kappa shape index (κ2) is 13.1. The predicted octanol–water partition coefficient (Wildman–Crippen LogP) is 8.67. The average Bonchev–Trinajstić information content (AvgIpc) is 3.04. The highest BCUT2D eigenvalue weighted by atomic mass is 15.1. The van der Waals surface area contributed by atoms with E-state index >= 15 is 0 Å². The maximum absolute atomic E-state index is 4.61. The Balaban J connectivity index is 1.16. The zero-order valence-corrected chi connectivity index (χ0v) is 23.4. The topological polar surface area (TPSA) is 32.3 Å². The van der Waals surface area contributed by atoms with Crippen LogP contribution >= 0.6 is 0 Å². The molecule has 0 unspecified atom stereocenters. The van der Waals surface area contributed by atoms with Gasteiger partial charge in [-0.15, -0.1) is 0 Å². The number of anilines is 2. The molecular formula is C37H36N4. The van der Waals surface area contributed by atoms with Gasteiger partial charge in [-0.05, 0) is 54.7 Å². The van der Waals surface area contributed by atoms with Crippen molar-refractivity contribution in [2.75, 3.05) is 22.9 Å². The first kappa shape index (κ1) is 26.5. The second-order valence-electron chi connectivity index (χ2n) is 10.6. The Morgan fingerprint density at radius 1 is 0.415 bits per heavy atom. The number of unbranched alkanes of at least 4 members (excludes halogenated alkanes) is 2. The molecule has 41 heavy (non-hydrogen) atoms. The van der Waals surface area contributed by atoms with Crippen LogP contribution in [0.5, 0.6) is 0 Å². The number of para-hydroxylation sites is 2. The van der Waals surface area contributed by atoms with Gasteiger partial charge in [-0.25, -0.2) is 0 Å². The van der Waals surface area contributed by atoms with Crippen LogP contribution in [-0.4, -0.2) is 23.1 Å². The molecule has 4 heteroatoms. The van der Waals surface area contributed by atoms with Crippen molar-refractivity contribution in [1.29, 1.82) is 0 Å². The third-order valence-electron chi connectivity index (χ3n) is 7.72. The van der Waals surface area contributed by atoms with E-state index in [1.54, 1.807) is 0 Å². The molecule has 2 heterocycles. The summed E-state index contributed by atoms with van der Waals surface area (Å²) < 4.78 is 0. The summed E-state index contributed by atoms with van der Waals surface area (Å²) in [6.45, 7) is 3.77. The molecular weight excluding hydrogens is 500 g/mol. The van der Waals surface area contributed by atoms with Crippen LogP contribution < -0.4 is 9.80 Å². The van der Waals surface area contributed by atoms with Crippen LogP contribution in [0, 0.1) is 0 Å². The highest BCUT2D eigenvalue weighted by molar-refractivity contribution is 5.92. The van der Waals surface area contributed by atoms with Crippen molar-refractivity contribution in [3.8, 4) is 0 Å². The van der Waals surface area contributed by atoms with Crippen LogP contribution in [0.1, 0.15) is 30.4 Å². The molecule has 6 aromatic rings. The van der Waals surface area contributed by atoms with Crippen molar-refractivity contribution in [2.24, 2.45) is 0 Å². The second-order valence-corrected chi connectivity index (χ2v) is 10.6. The Labute approximate surface area is 242 Å². The van der Waals surface area contributed by atoms with Gasteiger partial charge in [-0.3, -0.25) is 9.97 Å². The molecule has 4 nitrogen and oxygen atoms in total. The van der Waals surface area contributed by atoms with Gasteiger partial charge in [-0.2, -0.15) is 0 Å². The fourth-order valence-corrected chi connectivity index (χ4v) is 5.67. The summed E-state index contributed by atoms with van der Waals surface area (Å²) in [5.74, 6) is 0. The third kappa shape index (κ3) is 6.55. The van der Waals surface area contributed by atoms with Crippen molar-refractivity contribution in [3.05, 3.63) is 145 Å². The molecule has 2 aromatic heterocycles. The van der Waals surface area contributed by atoms with Crippen LogP contribution in [0.2, 0.25) is 0 Å². The van der Waals surface area contributed by atoms with E-state index in [0.717, 1.165) is 56.5 Å².